The van der Waals surface area contributed by atoms with Crippen molar-refractivity contribution >= 4 is 17.9 Å². The van der Waals surface area contributed by atoms with Crippen LogP contribution in [0.25, 0.3) is 0 Å². The molecule has 1 aliphatic rings. The number of amides is 3. The number of methoxy groups -OCH3 is 1. The summed E-state index contributed by atoms with van der Waals surface area (Å²) in [4.78, 5) is 35.3. The van der Waals surface area contributed by atoms with Crippen LogP contribution in [-0.2, 0) is 14.3 Å². The van der Waals surface area contributed by atoms with E-state index in [9.17, 15) is 14.4 Å². The molecular formula is C11H19N3O5. The number of carboxylic acid groups (broad SMARTS) is 1. The molecule has 1 rings (SSSR count). The highest BCUT2D eigenvalue weighted by molar-refractivity contribution is 5.87. The molecule has 108 valence electrons. The van der Waals surface area contributed by atoms with Gasteiger partial charge in [0.2, 0.25) is 5.91 Å². The Kier molecular flexibility index (Phi) is 5.56. The molecule has 0 aromatic heterocycles. The lowest BCUT2D eigenvalue weighted by molar-refractivity contribution is -0.141. The number of carboxylic acids is 1. The van der Waals surface area contributed by atoms with Gasteiger partial charge in [-0.25, -0.2) is 9.59 Å². The number of ether oxygens (including phenoxy) is 1. The van der Waals surface area contributed by atoms with Crippen LogP contribution >= 0.6 is 0 Å². The van der Waals surface area contributed by atoms with Gasteiger partial charge in [0.1, 0.15) is 6.04 Å². The number of rotatable bonds is 5. The second kappa shape index (κ2) is 6.93. The van der Waals surface area contributed by atoms with Gasteiger partial charge in [0, 0.05) is 26.6 Å². The van der Waals surface area contributed by atoms with Gasteiger partial charge in [0.15, 0.2) is 0 Å². The molecule has 0 aliphatic carbocycles. The Morgan fingerprint density at radius 3 is 2.58 bits per heavy atom. The van der Waals surface area contributed by atoms with E-state index in [1.165, 1.54) is 12.0 Å². The average Bonchev–Trinajstić information content (AvgIpc) is 2.80. The highest BCUT2D eigenvalue weighted by Gasteiger charge is 2.39. The molecule has 0 aromatic rings. The summed E-state index contributed by atoms with van der Waals surface area (Å²) in [5.74, 6) is -1.39. The molecule has 1 fully saturated rings. The lowest BCUT2D eigenvalue weighted by Gasteiger charge is -2.21. The maximum atomic E-state index is 11.8. The standard InChI is InChI=1S/C11H19N3O5/c1-3-12-9(15)5-13-11(18)14-6-7(19-2)4-8(14)10(16)17/h7-8H,3-6H2,1-2H3,(H,12,15)(H,13,18)(H,16,17). The molecular weight excluding hydrogens is 254 g/mol. The number of likely N-dealkylation sites (N-methyl/N-ethyl adjacent to an activating group) is 1. The minimum atomic E-state index is -1.08. The van der Waals surface area contributed by atoms with Crippen molar-refractivity contribution in [2.45, 2.75) is 25.5 Å². The van der Waals surface area contributed by atoms with Gasteiger partial charge in [-0.2, -0.15) is 0 Å². The maximum Gasteiger partial charge on any atom is 0.326 e. The first kappa shape index (κ1) is 15.2. The summed E-state index contributed by atoms with van der Waals surface area (Å²) in [6.07, 6.45) is -0.0447. The van der Waals surface area contributed by atoms with Gasteiger partial charge >= 0.3 is 12.0 Å². The van der Waals surface area contributed by atoms with Crippen LogP contribution in [0.15, 0.2) is 0 Å². The number of hydrogen-bond donors (Lipinski definition) is 3. The van der Waals surface area contributed by atoms with E-state index in [0.29, 0.717) is 6.54 Å². The molecule has 2 unspecified atom stereocenters. The van der Waals surface area contributed by atoms with Crippen LogP contribution in [0.2, 0.25) is 0 Å². The van der Waals surface area contributed by atoms with E-state index in [1.807, 2.05) is 0 Å². The lowest BCUT2D eigenvalue weighted by Crippen LogP contribution is -2.48. The van der Waals surface area contributed by atoms with Gasteiger partial charge in [-0.15, -0.1) is 0 Å². The van der Waals surface area contributed by atoms with Crippen molar-refractivity contribution in [1.29, 1.82) is 0 Å². The van der Waals surface area contributed by atoms with Crippen molar-refractivity contribution in [2.75, 3.05) is 26.7 Å². The predicted octanol–water partition coefficient (Wildman–Crippen LogP) is -0.994. The summed E-state index contributed by atoms with van der Waals surface area (Å²) in [5.41, 5.74) is 0. The van der Waals surface area contributed by atoms with E-state index in [4.69, 9.17) is 9.84 Å². The number of hydrogen-bond acceptors (Lipinski definition) is 4. The van der Waals surface area contributed by atoms with Crippen LogP contribution in [0.5, 0.6) is 0 Å². The SMILES string of the molecule is CCNC(=O)CNC(=O)N1CC(OC)CC1C(=O)O. The minimum Gasteiger partial charge on any atom is -0.480 e. The van der Waals surface area contributed by atoms with Crippen molar-refractivity contribution in [1.82, 2.24) is 15.5 Å². The molecule has 0 radical (unpaired) electrons. The number of urea groups is 1. The second-order valence-electron chi connectivity index (χ2n) is 4.21. The number of nitrogens with zero attached hydrogens (tertiary/aromatic N) is 1. The fourth-order valence-corrected chi connectivity index (χ4v) is 1.94. The van der Waals surface area contributed by atoms with Crippen LogP contribution < -0.4 is 10.6 Å². The molecule has 1 aliphatic heterocycles. The van der Waals surface area contributed by atoms with Crippen LogP contribution in [0.1, 0.15) is 13.3 Å². The van der Waals surface area contributed by atoms with Crippen molar-refractivity contribution in [3.05, 3.63) is 0 Å². The normalized spacial score (nSPS) is 22.1. The number of likely N-dealkylation sites (tertiary alicyclic amines) is 1. The van der Waals surface area contributed by atoms with Gasteiger partial charge in [0.25, 0.3) is 0 Å². The quantitative estimate of drug-likeness (QED) is 0.596. The zero-order valence-electron chi connectivity index (χ0n) is 11.0. The third-order valence-electron chi connectivity index (χ3n) is 2.92. The van der Waals surface area contributed by atoms with E-state index in [1.54, 1.807) is 6.92 Å². The van der Waals surface area contributed by atoms with Crippen LogP contribution in [0.4, 0.5) is 4.79 Å². The molecule has 19 heavy (non-hydrogen) atoms. The molecule has 0 spiro atoms. The third-order valence-corrected chi connectivity index (χ3v) is 2.92. The van der Waals surface area contributed by atoms with Gasteiger partial charge in [-0.1, -0.05) is 0 Å². The van der Waals surface area contributed by atoms with E-state index < -0.39 is 18.0 Å². The topological polar surface area (TPSA) is 108 Å². The highest BCUT2D eigenvalue weighted by atomic mass is 16.5. The molecule has 2 atom stereocenters. The van der Waals surface area contributed by atoms with Crippen molar-refractivity contribution in [2.24, 2.45) is 0 Å². The Morgan fingerprint density at radius 2 is 2.05 bits per heavy atom. The molecule has 3 N–H and O–H groups in total. The summed E-state index contributed by atoms with van der Waals surface area (Å²) in [6.45, 7) is 2.27. The summed E-state index contributed by atoms with van der Waals surface area (Å²) in [5, 5.41) is 14.0. The van der Waals surface area contributed by atoms with E-state index in [0.717, 1.165) is 0 Å². The zero-order chi connectivity index (χ0) is 14.4. The Labute approximate surface area is 111 Å². The fraction of sp³-hybridized carbons (Fsp3) is 0.727. The maximum absolute atomic E-state index is 11.8. The fourth-order valence-electron chi connectivity index (χ4n) is 1.94. The van der Waals surface area contributed by atoms with Crippen molar-refractivity contribution in [3.8, 4) is 0 Å². The molecule has 0 aromatic carbocycles. The molecule has 8 heteroatoms. The summed E-state index contributed by atoms with van der Waals surface area (Å²) >= 11 is 0. The number of aliphatic carboxylic acids is 1. The zero-order valence-corrected chi connectivity index (χ0v) is 11.0. The summed E-state index contributed by atoms with van der Waals surface area (Å²) < 4.78 is 5.07. The van der Waals surface area contributed by atoms with Crippen LogP contribution in [0, 0.1) is 0 Å². The van der Waals surface area contributed by atoms with Crippen LogP contribution in [-0.4, -0.2) is 66.8 Å². The van der Waals surface area contributed by atoms with Crippen LogP contribution in [0.3, 0.4) is 0 Å². The largest absolute Gasteiger partial charge is 0.480 e. The van der Waals surface area contributed by atoms with Gasteiger partial charge < -0.3 is 25.4 Å². The van der Waals surface area contributed by atoms with Crippen molar-refractivity contribution < 1.29 is 24.2 Å². The molecule has 3 amide bonds. The Bertz CT molecular complexity index is 360. The first-order valence-electron chi connectivity index (χ1n) is 6.06. The number of carbonyl (C=O) groups excluding carboxylic acids is 2. The smallest absolute Gasteiger partial charge is 0.326 e. The summed E-state index contributed by atoms with van der Waals surface area (Å²) in [7, 11) is 1.47. The van der Waals surface area contributed by atoms with Gasteiger partial charge in [-0.05, 0) is 6.92 Å². The molecule has 1 saturated heterocycles. The summed E-state index contributed by atoms with van der Waals surface area (Å²) in [6, 6.07) is -1.49. The number of carbonyl (C=O) groups is 3. The van der Waals surface area contributed by atoms with Crippen molar-refractivity contribution in [3.63, 3.8) is 0 Å². The van der Waals surface area contributed by atoms with Gasteiger partial charge in [-0.3, -0.25) is 4.79 Å². The first-order chi connectivity index (χ1) is 8.99. The third kappa shape index (κ3) is 4.09. The molecule has 0 bridgehead atoms. The average molecular weight is 273 g/mol. The predicted molar refractivity (Wildman–Crippen MR) is 65.6 cm³/mol. The Hall–Kier alpha value is -1.83. The molecule has 8 nitrogen and oxygen atoms in total. The lowest BCUT2D eigenvalue weighted by atomic mass is 10.2. The van der Waals surface area contributed by atoms with E-state index in [2.05, 4.69) is 10.6 Å². The Morgan fingerprint density at radius 1 is 1.37 bits per heavy atom. The van der Waals surface area contributed by atoms with E-state index >= 15 is 0 Å². The minimum absolute atomic E-state index is 0.173. The monoisotopic (exact) mass is 273 g/mol. The first-order valence-corrected chi connectivity index (χ1v) is 6.06. The Balaban J connectivity index is 2.54. The van der Waals surface area contributed by atoms with Gasteiger partial charge in [0.05, 0.1) is 12.6 Å². The number of nitrogens with one attached hydrogen (secondary N) is 2. The highest BCUT2D eigenvalue weighted by Crippen LogP contribution is 2.20. The van der Waals surface area contributed by atoms with E-state index in [-0.39, 0.29) is 31.5 Å². The molecule has 0 saturated carbocycles. The molecule has 1 heterocycles. The second-order valence-corrected chi connectivity index (χ2v) is 4.21.